The summed E-state index contributed by atoms with van der Waals surface area (Å²) in [4.78, 5) is 1.48. The Labute approximate surface area is 112 Å². The Morgan fingerprint density at radius 2 is 2.06 bits per heavy atom. The molecule has 0 aliphatic rings. The fourth-order valence-electron chi connectivity index (χ4n) is 1.45. The van der Waals surface area contributed by atoms with Crippen LogP contribution in [0.1, 0.15) is 5.56 Å². The van der Waals surface area contributed by atoms with E-state index in [4.69, 9.17) is 11.6 Å². The van der Waals surface area contributed by atoms with Crippen LogP contribution in [0.15, 0.2) is 18.2 Å². The van der Waals surface area contributed by atoms with Crippen LogP contribution in [-0.4, -0.2) is 29.7 Å². The average molecular weight is 331 g/mol. The fourth-order valence-corrected chi connectivity index (χ4v) is 2.15. The largest absolute Gasteiger partial charge is 0.293 e. The van der Waals surface area contributed by atoms with Crippen molar-refractivity contribution in [2.24, 2.45) is 0 Å². The van der Waals surface area contributed by atoms with Gasteiger partial charge in [0.1, 0.15) is 5.82 Å². The fraction of sp³-hybridized carbons (Fsp3) is 0.455. The van der Waals surface area contributed by atoms with E-state index in [1.165, 1.54) is 23.1 Å². The number of rotatable bonds is 6. The first-order chi connectivity index (χ1) is 8.02. The predicted octanol–water partition coefficient (Wildman–Crippen LogP) is 3.94. The molecule has 1 aromatic rings. The van der Waals surface area contributed by atoms with Gasteiger partial charge in [-0.2, -0.15) is 0 Å². The summed E-state index contributed by atoms with van der Waals surface area (Å²) in [6.07, 6.45) is -2.43. The molecule has 0 saturated carbocycles. The monoisotopic (exact) mass is 329 g/mol. The maximum Gasteiger partial charge on any atom is 0.251 e. The first-order valence-electron chi connectivity index (χ1n) is 5.03. The summed E-state index contributed by atoms with van der Waals surface area (Å²) in [5, 5.41) is 0.958. The molecule has 0 saturated heterocycles. The van der Waals surface area contributed by atoms with Crippen LogP contribution in [0.5, 0.6) is 0 Å². The van der Waals surface area contributed by atoms with Gasteiger partial charge in [-0.15, -0.1) is 0 Å². The third-order valence-electron chi connectivity index (χ3n) is 2.20. The molecule has 1 rings (SSSR count). The summed E-state index contributed by atoms with van der Waals surface area (Å²) in [7, 11) is 0. The second-order valence-electron chi connectivity index (χ2n) is 3.55. The molecule has 1 nitrogen and oxygen atoms in total. The SMILES string of the molecule is Fc1ccc(Cl)cc1CN(CCBr)CC(F)F. The summed E-state index contributed by atoms with van der Waals surface area (Å²) >= 11 is 8.92. The molecular formula is C11H12BrClF3N. The number of benzene rings is 1. The molecule has 96 valence electrons. The van der Waals surface area contributed by atoms with Crippen LogP contribution < -0.4 is 0 Å². The molecule has 0 N–H and O–H groups in total. The maximum atomic E-state index is 13.4. The van der Waals surface area contributed by atoms with Gasteiger partial charge in [0, 0.05) is 29.0 Å². The lowest BCUT2D eigenvalue weighted by atomic mass is 10.2. The molecule has 0 fully saturated rings. The number of hydrogen-bond donors (Lipinski definition) is 0. The van der Waals surface area contributed by atoms with E-state index in [0.29, 0.717) is 22.5 Å². The number of hydrogen-bond acceptors (Lipinski definition) is 1. The highest BCUT2D eigenvalue weighted by atomic mass is 79.9. The van der Waals surface area contributed by atoms with E-state index in [-0.39, 0.29) is 13.1 Å². The minimum Gasteiger partial charge on any atom is -0.293 e. The van der Waals surface area contributed by atoms with Crippen molar-refractivity contribution in [3.63, 3.8) is 0 Å². The second kappa shape index (κ2) is 7.24. The van der Waals surface area contributed by atoms with Crippen molar-refractivity contribution in [2.75, 3.05) is 18.4 Å². The molecule has 0 radical (unpaired) electrons. The van der Waals surface area contributed by atoms with Crippen LogP contribution in [0.2, 0.25) is 5.02 Å². The zero-order chi connectivity index (χ0) is 12.8. The summed E-state index contributed by atoms with van der Waals surface area (Å²) in [5.74, 6) is -0.428. The Morgan fingerprint density at radius 3 is 2.65 bits per heavy atom. The van der Waals surface area contributed by atoms with Crippen molar-refractivity contribution in [1.82, 2.24) is 4.90 Å². The van der Waals surface area contributed by atoms with Gasteiger partial charge in [-0.3, -0.25) is 4.90 Å². The average Bonchev–Trinajstić information content (AvgIpc) is 2.23. The summed E-state index contributed by atoms with van der Waals surface area (Å²) in [5.41, 5.74) is 0.333. The lowest BCUT2D eigenvalue weighted by Gasteiger charge is -2.21. The van der Waals surface area contributed by atoms with Crippen LogP contribution in [0.4, 0.5) is 13.2 Å². The first-order valence-corrected chi connectivity index (χ1v) is 6.53. The van der Waals surface area contributed by atoms with E-state index in [2.05, 4.69) is 15.9 Å². The molecule has 1 aromatic carbocycles. The van der Waals surface area contributed by atoms with E-state index >= 15 is 0 Å². The molecule has 0 atom stereocenters. The van der Waals surface area contributed by atoms with E-state index in [1.807, 2.05) is 0 Å². The van der Waals surface area contributed by atoms with Crippen LogP contribution in [0.3, 0.4) is 0 Å². The Balaban J connectivity index is 2.74. The van der Waals surface area contributed by atoms with Gasteiger partial charge in [0.25, 0.3) is 6.43 Å². The Hall–Kier alpha value is -0.260. The summed E-state index contributed by atoms with van der Waals surface area (Å²) < 4.78 is 38.1. The topological polar surface area (TPSA) is 3.24 Å². The van der Waals surface area contributed by atoms with Crippen molar-refractivity contribution in [1.29, 1.82) is 0 Å². The quantitative estimate of drug-likeness (QED) is 0.714. The van der Waals surface area contributed by atoms with Gasteiger partial charge < -0.3 is 0 Å². The van der Waals surface area contributed by atoms with Crippen molar-refractivity contribution in [3.8, 4) is 0 Å². The highest BCUT2D eigenvalue weighted by Gasteiger charge is 2.14. The van der Waals surface area contributed by atoms with Crippen molar-refractivity contribution < 1.29 is 13.2 Å². The van der Waals surface area contributed by atoms with E-state index < -0.39 is 12.2 Å². The molecule has 0 spiro atoms. The molecule has 0 unspecified atom stereocenters. The van der Waals surface area contributed by atoms with Gasteiger partial charge in [0.15, 0.2) is 0 Å². The number of halogens is 5. The molecular weight excluding hydrogens is 318 g/mol. The minimum atomic E-state index is -2.43. The first kappa shape index (κ1) is 14.8. The van der Waals surface area contributed by atoms with E-state index in [0.717, 1.165) is 0 Å². The van der Waals surface area contributed by atoms with Gasteiger partial charge in [-0.05, 0) is 18.2 Å². The van der Waals surface area contributed by atoms with Crippen molar-refractivity contribution in [2.45, 2.75) is 13.0 Å². The molecule has 0 amide bonds. The van der Waals surface area contributed by atoms with Crippen LogP contribution in [-0.2, 0) is 6.54 Å². The summed E-state index contributed by atoms with van der Waals surface area (Å²) in [6, 6.07) is 4.14. The third-order valence-corrected chi connectivity index (χ3v) is 2.79. The predicted molar refractivity (Wildman–Crippen MR) is 66.5 cm³/mol. The van der Waals surface area contributed by atoms with E-state index in [1.54, 1.807) is 0 Å². The lowest BCUT2D eigenvalue weighted by Crippen LogP contribution is -2.30. The van der Waals surface area contributed by atoms with E-state index in [9.17, 15) is 13.2 Å². The summed E-state index contributed by atoms with van der Waals surface area (Å²) in [6.45, 7) is 0.177. The molecule has 17 heavy (non-hydrogen) atoms. The van der Waals surface area contributed by atoms with Crippen LogP contribution in [0.25, 0.3) is 0 Å². The van der Waals surface area contributed by atoms with Gasteiger partial charge in [-0.1, -0.05) is 27.5 Å². The molecule has 0 bridgehead atoms. The van der Waals surface area contributed by atoms with Gasteiger partial charge in [0.05, 0.1) is 6.54 Å². The number of alkyl halides is 3. The molecule has 6 heteroatoms. The molecule has 0 aliphatic carbocycles. The zero-order valence-corrected chi connectivity index (χ0v) is 11.3. The van der Waals surface area contributed by atoms with Crippen LogP contribution in [0, 0.1) is 5.82 Å². The Bertz CT molecular complexity index is 363. The smallest absolute Gasteiger partial charge is 0.251 e. The third kappa shape index (κ3) is 5.27. The van der Waals surface area contributed by atoms with Gasteiger partial charge >= 0.3 is 0 Å². The highest BCUT2D eigenvalue weighted by molar-refractivity contribution is 9.09. The maximum absolute atomic E-state index is 13.4. The minimum absolute atomic E-state index is 0.127. The van der Waals surface area contributed by atoms with Crippen LogP contribution >= 0.6 is 27.5 Å². The Kier molecular flexibility index (Phi) is 6.30. The lowest BCUT2D eigenvalue weighted by molar-refractivity contribution is 0.0876. The molecule has 0 aromatic heterocycles. The molecule has 0 heterocycles. The normalized spacial score (nSPS) is 11.5. The highest BCUT2D eigenvalue weighted by Crippen LogP contribution is 2.17. The molecule has 0 aliphatic heterocycles. The van der Waals surface area contributed by atoms with Crippen molar-refractivity contribution in [3.05, 3.63) is 34.6 Å². The standard InChI is InChI=1S/C11H12BrClF3N/c12-3-4-17(7-11(15)16)6-8-5-9(13)1-2-10(8)14/h1-2,5,11H,3-4,6-7H2. The zero-order valence-electron chi connectivity index (χ0n) is 8.97. The number of nitrogens with zero attached hydrogens (tertiary/aromatic N) is 1. The Morgan fingerprint density at radius 1 is 1.35 bits per heavy atom. The van der Waals surface area contributed by atoms with Gasteiger partial charge in [-0.25, -0.2) is 13.2 Å². The second-order valence-corrected chi connectivity index (χ2v) is 4.78. The van der Waals surface area contributed by atoms with Crippen molar-refractivity contribution >= 4 is 27.5 Å². The van der Waals surface area contributed by atoms with Gasteiger partial charge in [0.2, 0.25) is 0 Å².